The molecule has 2 rings (SSSR count). The maximum Gasteiger partial charge on any atom is 0.263 e. The molecule has 0 radical (unpaired) electrons. The van der Waals surface area contributed by atoms with Gasteiger partial charge in [-0.3, -0.25) is 4.79 Å². The third-order valence-electron chi connectivity index (χ3n) is 2.60. The molecule has 7 heteroatoms. The van der Waals surface area contributed by atoms with Crippen molar-refractivity contribution in [3.8, 4) is 5.75 Å². The van der Waals surface area contributed by atoms with E-state index in [0.29, 0.717) is 17.3 Å². The lowest BCUT2D eigenvalue weighted by atomic mass is 10.3. The van der Waals surface area contributed by atoms with Gasteiger partial charge in [0, 0.05) is 4.47 Å². The smallest absolute Gasteiger partial charge is 0.263 e. The Morgan fingerprint density at radius 1 is 1.29 bits per heavy atom. The van der Waals surface area contributed by atoms with Gasteiger partial charge in [-0.1, -0.05) is 0 Å². The average Bonchev–Trinajstić information content (AvgIpc) is 2.49. The topological polar surface area (TPSA) is 80.7 Å². The number of nitrogens with one attached hydrogen (secondary N) is 1. The molecule has 0 spiro atoms. The van der Waals surface area contributed by atoms with Gasteiger partial charge in [0.2, 0.25) is 0 Å². The van der Waals surface area contributed by atoms with Crippen LogP contribution < -0.4 is 10.1 Å². The number of carbonyl (C=O) groups is 1. The van der Waals surface area contributed by atoms with Gasteiger partial charge in [-0.2, -0.15) is 0 Å². The highest BCUT2D eigenvalue weighted by atomic mass is 79.9. The summed E-state index contributed by atoms with van der Waals surface area (Å²) in [7, 11) is 0. The highest BCUT2D eigenvalue weighted by molar-refractivity contribution is 9.10. The van der Waals surface area contributed by atoms with Crippen molar-refractivity contribution in [2.75, 3.05) is 11.9 Å². The third kappa shape index (κ3) is 4.35. The molecule has 0 aliphatic rings. The van der Waals surface area contributed by atoms with E-state index in [0.717, 1.165) is 10.2 Å². The van der Waals surface area contributed by atoms with Crippen LogP contribution in [0, 0.1) is 11.8 Å². The lowest BCUT2D eigenvalue weighted by Gasteiger charge is -2.08. The van der Waals surface area contributed by atoms with E-state index < -0.39 is 0 Å². The number of carbonyl (C=O) groups excluding carboxylic acids is 1. The van der Waals surface area contributed by atoms with Gasteiger partial charge >= 0.3 is 0 Å². The minimum absolute atomic E-state index is 0.148. The van der Waals surface area contributed by atoms with E-state index in [9.17, 15) is 9.70 Å². The first-order valence-electron chi connectivity index (χ1n) is 6.07. The quantitative estimate of drug-likeness (QED) is 0.836. The summed E-state index contributed by atoms with van der Waals surface area (Å²) in [6, 6.07) is 9.68. The predicted octanol–water partition coefficient (Wildman–Crippen LogP) is 3.57. The Labute approximate surface area is 129 Å². The Bertz CT molecular complexity index is 659. The van der Waals surface area contributed by atoms with Gasteiger partial charge in [0.15, 0.2) is 6.61 Å². The number of hydrogen-bond acceptors (Lipinski definition) is 5. The molecule has 0 saturated heterocycles. The van der Waals surface area contributed by atoms with Crippen LogP contribution in [0.4, 0.5) is 11.5 Å². The minimum Gasteiger partial charge on any atom is -0.484 e. The highest BCUT2D eigenvalue weighted by Gasteiger charge is 2.06. The van der Waals surface area contributed by atoms with Crippen molar-refractivity contribution in [2.24, 2.45) is 5.18 Å². The largest absolute Gasteiger partial charge is 0.484 e. The first-order valence-corrected chi connectivity index (χ1v) is 6.87. The molecule has 6 nitrogen and oxygen atoms in total. The molecule has 0 bridgehead atoms. The van der Waals surface area contributed by atoms with Crippen LogP contribution in [0.1, 0.15) is 5.69 Å². The van der Waals surface area contributed by atoms with E-state index in [1.165, 1.54) is 12.1 Å². The fraction of sp³-hybridized carbons (Fsp3) is 0.143. The molecule has 1 aromatic heterocycles. The Kier molecular flexibility index (Phi) is 4.99. The van der Waals surface area contributed by atoms with Crippen LogP contribution in [-0.2, 0) is 4.79 Å². The third-order valence-corrected chi connectivity index (χ3v) is 3.44. The number of benzene rings is 1. The fourth-order valence-corrected chi connectivity index (χ4v) is 1.77. The van der Waals surface area contributed by atoms with Crippen LogP contribution in [0.25, 0.3) is 0 Å². The molecular formula is C14H12BrN3O3. The van der Waals surface area contributed by atoms with E-state index in [1.807, 2.05) is 13.0 Å². The van der Waals surface area contributed by atoms with Gasteiger partial charge in [0.1, 0.15) is 17.3 Å². The summed E-state index contributed by atoms with van der Waals surface area (Å²) in [6.07, 6.45) is 0. The number of amides is 1. The molecule has 0 unspecified atom stereocenters. The highest BCUT2D eigenvalue weighted by Crippen LogP contribution is 2.18. The predicted molar refractivity (Wildman–Crippen MR) is 82.7 cm³/mol. The summed E-state index contributed by atoms with van der Waals surface area (Å²) in [6.45, 7) is 1.68. The molecule has 0 saturated carbocycles. The number of aryl methyl sites for hydroxylation is 1. The second-order valence-electron chi connectivity index (χ2n) is 4.19. The number of anilines is 1. The van der Waals surface area contributed by atoms with Gasteiger partial charge in [-0.05, 0) is 64.4 Å². The number of pyridine rings is 1. The molecular weight excluding hydrogens is 338 g/mol. The lowest BCUT2D eigenvalue weighted by molar-refractivity contribution is -0.118. The van der Waals surface area contributed by atoms with Crippen LogP contribution in [0.15, 0.2) is 46.0 Å². The van der Waals surface area contributed by atoms with E-state index >= 15 is 0 Å². The Morgan fingerprint density at radius 3 is 2.62 bits per heavy atom. The number of rotatable bonds is 5. The summed E-state index contributed by atoms with van der Waals surface area (Å²) in [4.78, 5) is 26.2. The standard InChI is InChI=1S/C14H12BrN3O3/c1-9-12(15)6-7-13(16-9)17-14(19)8-21-11-4-2-10(18-20)3-5-11/h2-7H,8H2,1H3,(H,16,17,19). The van der Waals surface area contributed by atoms with Crippen LogP contribution in [0.3, 0.4) is 0 Å². The average molecular weight is 350 g/mol. The van der Waals surface area contributed by atoms with Crippen molar-refractivity contribution >= 4 is 33.3 Å². The number of nitroso groups, excluding NO2 is 1. The molecule has 2 aromatic rings. The molecule has 1 amide bonds. The molecule has 1 heterocycles. The van der Waals surface area contributed by atoms with Crippen molar-refractivity contribution in [1.82, 2.24) is 4.98 Å². The summed E-state index contributed by atoms with van der Waals surface area (Å²) in [5, 5.41) is 5.42. The fourth-order valence-electron chi connectivity index (χ4n) is 1.54. The first-order chi connectivity index (χ1) is 10.1. The first kappa shape index (κ1) is 15.1. The summed E-state index contributed by atoms with van der Waals surface area (Å²) in [5.41, 5.74) is 1.09. The maximum atomic E-state index is 11.7. The van der Waals surface area contributed by atoms with Crippen molar-refractivity contribution in [3.05, 3.63) is 51.5 Å². The number of ether oxygens (including phenoxy) is 1. The lowest BCUT2D eigenvalue weighted by Crippen LogP contribution is -2.20. The second kappa shape index (κ2) is 6.94. The van der Waals surface area contributed by atoms with Gasteiger partial charge in [0.25, 0.3) is 5.91 Å². The van der Waals surface area contributed by atoms with Crippen LogP contribution >= 0.6 is 15.9 Å². The Balaban J connectivity index is 1.89. The molecule has 21 heavy (non-hydrogen) atoms. The monoisotopic (exact) mass is 349 g/mol. The zero-order chi connectivity index (χ0) is 15.2. The van der Waals surface area contributed by atoms with E-state index in [2.05, 4.69) is 31.4 Å². The van der Waals surface area contributed by atoms with Crippen molar-refractivity contribution in [3.63, 3.8) is 0 Å². The number of halogens is 1. The van der Waals surface area contributed by atoms with Crippen molar-refractivity contribution in [1.29, 1.82) is 0 Å². The normalized spacial score (nSPS) is 10.0. The summed E-state index contributed by atoms with van der Waals surface area (Å²) >= 11 is 3.34. The van der Waals surface area contributed by atoms with Crippen molar-refractivity contribution < 1.29 is 9.53 Å². The van der Waals surface area contributed by atoms with Gasteiger partial charge in [-0.25, -0.2) is 4.98 Å². The van der Waals surface area contributed by atoms with Crippen molar-refractivity contribution in [2.45, 2.75) is 6.92 Å². The molecule has 108 valence electrons. The SMILES string of the molecule is Cc1nc(NC(=O)COc2ccc(N=O)cc2)ccc1Br. The van der Waals surface area contributed by atoms with Gasteiger partial charge in [-0.15, -0.1) is 4.91 Å². The van der Waals surface area contributed by atoms with Crippen LogP contribution in [-0.4, -0.2) is 17.5 Å². The van der Waals surface area contributed by atoms with E-state index in [4.69, 9.17) is 4.74 Å². The van der Waals surface area contributed by atoms with Crippen LogP contribution in [0.2, 0.25) is 0 Å². The molecule has 0 aliphatic carbocycles. The second-order valence-corrected chi connectivity index (χ2v) is 5.04. The Morgan fingerprint density at radius 2 is 2.00 bits per heavy atom. The van der Waals surface area contributed by atoms with Gasteiger partial charge < -0.3 is 10.1 Å². The number of nitrogens with zero attached hydrogens (tertiary/aromatic N) is 2. The molecule has 0 atom stereocenters. The summed E-state index contributed by atoms with van der Waals surface area (Å²) < 4.78 is 6.18. The summed E-state index contributed by atoms with van der Waals surface area (Å²) in [5.74, 6) is 0.629. The zero-order valence-corrected chi connectivity index (χ0v) is 12.8. The minimum atomic E-state index is -0.318. The maximum absolute atomic E-state index is 11.7. The molecule has 1 aromatic carbocycles. The van der Waals surface area contributed by atoms with E-state index in [-0.39, 0.29) is 12.5 Å². The molecule has 0 aliphatic heterocycles. The van der Waals surface area contributed by atoms with Gasteiger partial charge in [0.05, 0.1) is 5.69 Å². The zero-order valence-electron chi connectivity index (χ0n) is 11.2. The molecule has 1 N–H and O–H groups in total. The Hall–Kier alpha value is -2.28. The number of aromatic nitrogens is 1. The van der Waals surface area contributed by atoms with Crippen LogP contribution in [0.5, 0.6) is 5.75 Å². The van der Waals surface area contributed by atoms with E-state index in [1.54, 1.807) is 18.2 Å². The number of hydrogen-bond donors (Lipinski definition) is 1. The molecule has 0 fully saturated rings.